The predicted molar refractivity (Wildman–Crippen MR) is 72.1 cm³/mol. The lowest BCUT2D eigenvalue weighted by Gasteiger charge is -2.39. The number of carbonyl (C=O) groups excluding carboxylic acids is 1. The number of amides is 1. The summed E-state index contributed by atoms with van der Waals surface area (Å²) < 4.78 is 5.73. The van der Waals surface area contributed by atoms with Crippen LogP contribution in [0.5, 0.6) is 0 Å². The standard InChI is InChI=1S/C13H18ClN3O2/c1-13(2,3)10-7-17(4-5-19-10)12(18)11-9(14)6-15-8-16-11/h6,8,10H,4-5,7H2,1-3H3. The Morgan fingerprint density at radius 1 is 1.53 bits per heavy atom. The van der Waals surface area contributed by atoms with Crippen LogP contribution in [-0.2, 0) is 4.74 Å². The molecule has 1 aliphatic rings. The first kappa shape index (κ1) is 14.2. The van der Waals surface area contributed by atoms with E-state index in [2.05, 4.69) is 30.7 Å². The van der Waals surface area contributed by atoms with E-state index >= 15 is 0 Å². The van der Waals surface area contributed by atoms with Crippen molar-refractivity contribution in [1.82, 2.24) is 14.9 Å². The molecule has 1 unspecified atom stereocenters. The minimum Gasteiger partial charge on any atom is -0.374 e. The molecule has 6 heteroatoms. The van der Waals surface area contributed by atoms with Crippen LogP contribution in [0.25, 0.3) is 0 Å². The van der Waals surface area contributed by atoms with E-state index < -0.39 is 0 Å². The number of hydrogen-bond acceptors (Lipinski definition) is 4. The fraction of sp³-hybridized carbons (Fsp3) is 0.615. The smallest absolute Gasteiger partial charge is 0.274 e. The Labute approximate surface area is 117 Å². The van der Waals surface area contributed by atoms with Crippen molar-refractivity contribution in [1.29, 1.82) is 0 Å². The SMILES string of the molecule is CC(C)(C)C1CN(C(=O)c2ncncc2Cl)CCO1. The molecule has 1 saturated heterocycles. The number of morpholine rings is 1. The molecule has 5 nitrogen and oxygen atoms in total. The number of nitrogens with zero attached hydrogens (tertiary/aromatic N) is 3. The van der Waals surface area contributed by atoms with E-state index in [-0.39, 0.29) is 28.1 Å². The molecule has 19 heavy (non-hydrogen) atoms. The minimum atomic E-state index is -0.162. The first-order chi connectivity index (χ1) is 8.89. The lowest BCUT2D eigenvalue weighted by molar-refractivity contribution is -0.0707. The second-order valence-corrected chi connectivity index (χ2v) is 6.10. The van der Waals surface area contributed by atoms with Gasteiger partial charge in [-0.05, 0) is 5.41 Å². The van der Waals surface area contributed by atoms with Crippen molar-refractivity contribution < 1.29 is 9.53 Å². The summed E-state index contributed by atoms with van der Waals surface area (Å²) in [4.78, 5) is 21.9. The normalized spacial score (nSPS) is 20.4. The highest BCUT2D eigenvalue weighted by atomic mass is 35.5. The average Bonchev–Trinajstić information content (AvgIpc) is 2.38. The molecule has 104 valence electrons. The highest BCUT2D eigenvalue weighted by Gasteiger charge is 2.33. The Hall–Kier alpha value is -1.20. The van der Waals surface area contributed by atoms with E-state index in [0.29, 0.717) is 19.7 Å². The van der Waals surface area contributed by atoms with E-state index in [9.17, 15) is 4.79 Å². The van der Waals surface area contributed by atoms with Gasteiger partial charge in [-0.25, -0.2) is 9.97 Å². The number of halogens is 1. The van der Waals surface area contributed by atoms with Crippen LogP contribution in [0.4, 0.5) is 0 Å². The third kappa shape index (κ3) is 3.22. The van der Waals surface area contributed by atoms with E-state index in [1.807, 2.05) is 0 Å². The van der Waals surface area contributed by atoms with Gasteiger partial charge in [0.25, 0.3) is 5.91 Å². The summed E-state index contributed by atoms with van der Waals surface area (Å²) in [5, 5.41) is 0.284. The molecule has 1 aromatic heterocycles. The molecular formula is C13H18ClN3O2. The van der Waals surface area contributed by atoms with Crippen LogP contribution in [0.3, 0.4) is 0 Å². The zero-order valence-electron chi connectivity index (χ0n) is 11.4. The molecule has 1 fully saturated rings. The third-order valence-electron chi connectivity index (χ3n) is 3.19. The first-order valence-corrected chi connectivity index (χ1v) is 6.64. The largest absolute Gasteiger partial charge is 0.374 e. The van der Waals surface area contributed by atoms with Crippen molar-refractivity contribution >= 4 is 17.5 Å². The van der Waals surface area contributed by atoms with E-state index in [0.717, 1.165) is 0 Å². The number of ether oxygens (including phenoxy) is 1. The summed E-state index contributed by atoms with van der Waals surface area (Å²) >= 11 is 5.96. The van der Waals surface area contributed by atoms with Gasteiger partial charge in [0.15, 0.2) is 0 Å². The third-order valence-corrected chi connectivity index (χ3v) is 3.47. The van der Waals surface area contributed by atoms with Crippen LogP contribution in [-0.4, -0.2) is 46.6 Å². The molecule has 0 bridgehead atoms. The van der Waals surface area contributed by atoms with Crippen molar-refractivity contribution in [2.24, 2.45) is 5.41 Å². The van der Waals surface area contributed by atoms with Crippen LogP contribution in [0, 0.1) is 5.41 Å². The first-order valence-electron chi connectivity index (χ1n) is 6.26. The summed E-state index contributed by atoms with van der Waals surface area (Å²) in [6, 6.07) is 0. The van der Waals surface area contributed by atoms with Crippen LogP contribution < -0.4 is 0 Å². The van der Waals surface area contributed by atoms with Gasteiger partial charge in [0.05, 0.1) is 17.7 Å². The Balaban J connectivity index is 2.14. The highest BCUT2D eigenvalue weighted by molar-refractivity contribution is 6.33. The molecule has 2 rings (SSSR count). The van der Waals surface area contributed by atoms with Crippen LogP contribution >= 0.6 is 11.6 Å². The van der Waals surface area contributed by atoms with Gasteiger partial charge in [-0.3, -0.25) is 4.79 Å². The lowest BCUT2D eigenvalue weighted by atomic mass is 9.88. The molecule has 2 heterocycles. The van der Waals surface area contributed by atoms with E-state index in [1.165, 1.54) is 12.5 Å². The molecule has 0 spiro atoms. The molecule has 1 atom stereocenters. The molecular weight excluding hydrogens is 266 g/mol. The Morgan fingerprint density at radius 3 is 2.89 bits per heavy atom. The Bertz CT molecular complexity index is 473. The zero-order chi connectivity index (χ0) is 14.0. The van der Waals surface area contributed by atoms with Gasteiger partial charge in [0.1, 0.15) is 12.0 Å². The van der Waals surface area contributed by atoms with Crippen molar-refractivity contribution in [3.05, 3.63) is 23.2 Å². The monoisotopic (exact) mass is 283 g/mol. The maximum atomic E-state index is 12.4. The van der Waals surface area contributed by atoms with Crippen LogP contribution in [0.15, 0.2) is 12.5 Å². The molecule has 1 aliphatic heterocycles. The number of aromatic nitrogens is 2. The topological polar surface area (TPSA) is 55.3 Å². The second-order valence-electron chi connectivity index (χ2n) is 5.70. The van der Waals surface area contributed by atoms with Crippen molar-refractivity contribution in [2.75, 3.05) is 19.7 Å². The number of hydrogen-bond donors (Lipinski definition) is 0. The molecule has 0 radical (unpaired) electrons. The van der Waals surface area contributed by atoms with Gasteiger partial charge >= 0.3 is 0 Å². The summed E-state index contributed by atoms with van der Waals surface area (Å²) in [6.45, 7) is 7.96. The Morgan fingerprint density at radius 2 is 2.26 bits per heavy atom. The van der Waals surface area contributed by atoms with Crippen LogP contribution in [0.1, 0.15) is 31.3 Å². The fourth-order valence-electron chi connectivity index (χ4n) is 1.98. The molecule has 0 N–H and O–H groups in total. The molecule has 0 aliphatic carbocycles. The summed E-state index contributed by atoms with van der Waals surface area (Å²) in [5.41, 5.74) is 0.250. The van der Waals surface area contributed by atoms with Gasteiger partial charge in [0.2, 0.25) is 0 Å². The summed E-state index contributed by atoms with van der Waals surface area (Å²) in [6.07, 6.45) is 2.79. The minimum absolute atomic E-state index is 0.00554. The van der Waals surface area contributed by atoms with Gasteiger partial charge in [0, 0.05) is 19.3 Å². The van der Waals surface area contributed by atoms with Gasteiger partial charge in [-0.15, -0.1) is 0 Å². The Kier molecular flexibility index (Phi) is 4.06. The predicted octanol–water partition coefficient (Wildman–Crippen LogP) is 2.02. The number of rotatable bonds is 1. The van der Waals surface area contributed by atoms with E-state index in [1.54, 1.807) is 4.90 Å². The highest BCUT2D eigenvalue weighted by Crippen LogP contribution is 2.26. The summed E-state index contributed by atoms with van der Waals surface area (Å²) in [7, 11) is 0. The van der Waals surface area contributed by atoms with Crippen LogP contribution in [0.2, 0.25) is 5.02 Å². The maximum Gasteiger partial charge on any atom is 0.274 e. The molecule has 1 aromatic rings. The van der Waals surface area contributed by atoms with Crippen molar-refractivity contribution in [3.63, 3.8) is 0 Å². The fourth-order valence-corrected chi connectivity index (χ4v) is 2.16. The number of carbonyl (C=O) groups is 1. The van der Waals surface area contributed by atoms with Gasteiger partial charge in [-0.1, -0.05) is 32.4 Å². The van der Waals surface area contributed by atoms with Gasteiger partial charge < -0.3 is 9.64 Å². The molecule has 1 amide bonds. The van der Waals surface area contributed by atoms with Crippen molar-refractivity contribution in [3.8, 4) is 0 Å². The second kappa shape index (κ2) is 5.43. The average molecular weight is 284 g/mol. The summed E-state index contributed by atoms with van der Waals surface area (Å²) in [5.74, 6) is -0.162. The van der Waals surface area contributed by atoms with E-state index in [4.69, 9.17) is 16.3 Å². The molecule has 0 aromatic carbocycles. The molecule has 0 saturated carbocycles. The van der Waals surface area contributed by atoms with Crippen molar-refractivity contribution in [2.45, 2.75) is 26.9 Å². The quantitative estimate of drug-likeness (QED) is 0.791. The lowest BCUT2D eigenvalue weighted by Crippen LogP contribution is -2.50. The maximum absolute atomic E-state index is 12.4. The zero-order valence-corrected chi connectivity index (χ0v) is 12.1. The van der Waals surface area contributed by atoms with Gasteiger partial charge in [-0.2, -0.15) is 0 Å².